The van der Waals surface area contributed by atoms with Crippen molar-refractivity contribution in [1.29, 1.82) is 0 Å². The predicted molar refractivity (Wildman–Crippen MR) is 84.8 cm³/mol. The third-order valence-corrected chi connectivity index (χ3v) is 3.72. The predicted octanol–water partition coefficient (Wildman–Crippen LogP) is 2.21. The van der Waals surface area contributed by atoms with E-state index in [1.54, 1.807) is 13.0 Å². The van der Waals surface area contributed by atoms with Gasteiger partial charge in [0.05, 0.1) is 5.69 Å². The summed E-state index contributed by atoms with van der Waals surface area (Å²) in [6.45, 7) is 3.57. The summed E-state index contributed by atoms with van der Waals surface area (Å²) < 4.78 is 5.17. The molecule has 1 amide bonds. The van der Waals surface area contributed by atoms with E-state index in [2.05, 4.69) is 15.5 Å². The fraction of sp³-hybridized carbons (Fsp3) is 0.353. The topological polar surface area (TPSA) is 84.1 Å². The number of carbonyl (C=O) groups is 2. The average molecular weight is 313 g/mol. The zero-order valence-electron chi connectivity index (χ0n) is 13.1. The maximum absolute atomic E-state index is 12.1. The van der Waals surface area contributed by atoms with Gasteiger partial charge < -0.3 is 10.1 Å². The Morgan fingerprint density at radius 3 is 2.65 bits per heavy atom. The Bertz CT molecular complexity index is 717. The molecule has 1 aliphatic carbocycles. The molecule has 0 bridgehead atoms. The van der Waals surface area contributed by atoms with Crippen LogP contribution in [0.5, 0.6) is 0 Å². The zero-order chi connectivity index (χ0) is 16.4. The van der Waals surface area contributed by atoms with Crippen molar-refractivity contribution in [2.45, 2.75) is 38.8 Å². The molecule has 2 N–H and O–H groups in total. The van der Waals surface area contributed by atoms with Crippen LogP contribution in [0.3, 0.4) is 0 Å². The minimum absolute atomic E-state index is 0.228. The van der Waals surface area contributed by atoms with Crippen LogP contribution in [0.1, 0.15) is 35.8 Å². The second-order valence-electron chi connectivity index (χ2n) is 5.86. The molecule has 1 fully saturated rings. The Kier molecular flexibility index (Phi) is 4.14. The molecule has 6 heteroatoms. The molecule has 1 aromatic carbocycles. The monoisotopic (exact) mass is 313 g/mol. The van der Waals surface area contributed by atoms with E-state index >= 15 is 0 Å². The first-order valence-electron chi connectivity index (χ1n) is 7.67. The number of H-pyrrole nitrogens is 1. The molecule has 1 aromatic heterocycles. The van der Waals surface area contributed by atoms with Gasteiger partial charge in [-0.05, 0) is 32.8 Å². The van der Waals surface area contributed by atoms with Crippen LogP contribution >= 0.6 is 0 Å². The first kappa shape index (κ1) is 15.3. The molecule has 1 unspecified atom stereocenters. The second kappa shape index (κ2) is 6.24. The summed E-state index contributed by atoms with van der Waals surface area (Å²) in [6.07, 6.45) is 1.16. The van der Waals surface area contributed by atoms with Gasteiger partial charge in [0.25, 0.3) is 5.91 Å². The Balaban J connectivity index is 1.63. The number of aryl methyl sites for hydroxylation is 1. The van der Waals surface area contributed by atoms with Crippen LogP contribution in [0.4, 0.5) is 0 Å². The van der Waals surface area contributed by atoms with Crippen molar-refractivity contribution in [2.75, 3.05) is 0 Å². The molecule has 0 aliphatic heterocycles. The quantitative estimate of drug-likeness (QED) is 0.829. The van der Waals surface area contributed by atoms with Gasteiger partial charge in [-0.1, -0.05) is 29.8 Å². The van der Waals surface area contributed by atoms with E-state index in [4.69, 9.17) is 4.74 Å². The molecule has 3 rings (SSSR count). The molecular formula is C17H19N3O3. The van der Waals surface area contributed by atoms with E-state index in [0.29, 0.717) is 5.69 Å². The van der Waals surface area contributed by atoms with Gasteiger partial charge in [-0.2, -0.15) is 5.10 Å². The molecule has 1 heterocycles. The van der Waals surface area contributed by atoms with E-state index in [0.717, 1.165) is 24.0 Å². The molecule has 120 valence electrons. The smallest absolute Gasteiger partial charge is 0.357 e. The summed E-state index contributed by atoms with van der Waals surface area (Å²) in [5, 5.41) is 9.59. The van der Waals surface area contributed by atoms with Gasteiger partial charge in [-0.25, -0.2) is 4.79 Å². The Morgan fingerprint density at radius 1 is 1.30 bits per heavy atom. The van der Waals surface area contributed by atoms with E-state index in [9.17, 15) is 9.59 Å². The second-order valence-corrected chi connectivity index (χ2v) is 5.86. The highest BCUT2D eigenvalue weighted by atomic mass is 16.5. The molecule has 1 saturated carbocycles. The average Bonchev–Trinajstić information content (AvgIpc) is 3.20. The van der Waals surface area contributed by atoms with Crippen LogP contribution in [0, 0.1) is 6.92 Å². The SMILES string of the molecule is Cc1ccc(-c2cc(C(=O)OC(C)C(=O)NC3CC3)[nH]n2)cc1. The number of esters is 1. The number of aromatic nitrogens is 2. The van der Waals surface area contributed by atoms with Gasteiger partial charge in [0.15, 0.2) is 6.10 Å². The standard InChI is InChI=1S/C17H19N3O3/c1-10-3-5-12(6-4-10)14-9-15(20-19-14)17(22)23-11(2)16(21)18-13-7-8-13/h3-6,9,11,13H,7-8H2,1-2H3,(H,18,21)(H,19,20). The lowest BCUT2D eigenvalue weighted by molar-refractivity contribution is -0.129. The van der Waals surface area contributed by atoms with Gasteiger partial charge in [-0.15, -0.1) is 0 Å². The number of nitrogens with zero attached hydrogens (tertiary/aromatic N) is 1. The molecule has 23 heavy (non-hydrogen) atoms. The molecule has 6 nitrogen and oxygen atoms in total. The summed E-state index contributed by atoms with van der Waals surface area (Å²) >= 11 is 0. The lowest BCUT2D eigenvalue weighted by Crippen LogP contribution is -2.37. The number of benzene rings is 1. The lowest BCUT2D eigenvalue weighted by Gasteiger charge is -2.12. The van der Waals surface area contributed by atoms with Crippen LogP contribution in [-0.4, -0.2) is 34.2 Å². The number of ether oxygens (including phenoxy) is 1. The van der Waals surface area contributed by atoms with E-state index in [1.807, 2.05) is 31.2 Å². The van der Waals surface area contributed by atoms with Crippen LogP contribution in [0.25, 0.3) is 11.3 Å². The third kappa shape index (κ3) is 3.77. The van der Waals surface area contributed by atoms with Crippen molar-refractivity contribution < 1.29 is 14.3 Å². The highest BCUT2D eigenvalue weighted by molar-refractivity contribution is 5.91. The fourth-order valence-electron chi connectivity index (χ4n) is 2.12. The van der Waals surface area contributed by atoms with Gasteiger partial charge in [0, 0.05) is 11.6 Å². The van der Waals surface area contributed by atoms with Crippen molar-refractivity contribution in [3.05, 3.63) is 41.6 Å². The van der Waals surface area contributed by atoms with Crippen molar-refractivity contribution in [1.82, 2.24) is 15.5 Å². The molecule has 0 saturated heterocycles. The maximum atomic E-state index is 12.1. The Morgan fingerprint density at radius 2 is 2.00 bits per heavy atom. The number of hydrogen-bond acceptors (Lipinski definition) is 4. The van der Waals surface area contributed by atoms with Gasteiger partial charge >= 0.3 is 5.97 Å². The van der Waals surface area contributed by atoms with Crippen molar-refractivity contribution in [3.8, 4) is 11.3 Å². The normalized spacial score (nSPS) is 15.0. The first-order chi connectivity index (χ1) is 11.0. The fourth-order valence-corrected chi connectivity index (χ4v) is 2.12. The Labute approximate surface area is 134 Å². The van der Waals surface area contributed by atoms with Crippen LogP contribution in [-0.2, 0) is 9.53 Å². The summed E-state index contributed by atoms with van der Waals surface area (Å²) in [4.78, 5) is 23.9. The number of nitrogens with one attached hydrogen (secondary N) is 2. The zero-order valence-corrected chi connectivity index (χ0v) is 13.1. The van der Waals surface area contributed by atoms with Crippen molar-refractivity contribution >= 4 is 11.9 Å². The van der Waals surface area contributed by atoms with Crippen LogP contribution < -0.4 is 5.32 Å². The molecule has 1 aliphatic rings. The van der Waals surface area contributed by atoms with Crippen LogP contribution in [0.15, 0.2) is 30.3 Å². The molecule has 2 aromatic rings. The summed E-state index contributed by atoms with van der Waals surface area (Å²) in [5.41, 5.74) is 2.95. The first-order valence-corrected chi connectivity index (χ1v) is 7.67. The van der Waals surface area contributed by atoms with Crippen molar-refractivity contribution in [3.63, 3.8) is 0 Å². The van der Waals surface area contributed by atoms with Gasteiger partial charge in [-0.3, -0.25) is 9.89 Å². The van der Waals surface area contributed by atoms with Gasteiger partial charge in [0.2, 0.25) is 0 Å². The van der Waals surface area contributed by atoms with Gasteiger partial charge in [0.1, 0.15) is 5.69 Å². The molecule has 0 spiro atoms. The summed E-state index contributed by atoms with van der Waals surface area (Å²) in [6, 6.07) is 9.69. The highest BCUT2D eigenvalue weighted by Gasteiger charge is 2.27. The molecular weight excluding hydrogens is 294 g/mol. The number of hydrogen-bond donors (Lipinski definition) is 2. The maximum Gasteiger partial charge on any atom is 0.357 e. The highest BCUT2D eigenvalue weighted by Crippen LogP contribution is 2.20. The van der Waals surface area contributed by atoms with E-state index in [1.165, 1.54) is 0 Å². The lowest BCUT2D eigenvalue weighted by atomic mass is 10.1. The number of amides is 1. The summed E-state index contributed by atoms with van der Waals surface area (Å²) in [5.74, 6) is -0.853. The number of aromatic amines is 1. The van der Waals surface area contributed by atoms with E-state index < -0.39 is 12.1 Å². The minimum Gasteiger partial charge on any atom is -0.448 e. The third-order valence-electron chi connectivity index (χ3n) is 3.72. The molecule has 1 atom stereocenters. The minimum atomic E-state index is -0.825. The largest absolute Gasteiger partial charge is 0.448 e. The number of carbonyl (C=O) groups excluding carboxylic acids is 2. The number of rotatable bonds is 5. The Hall–Kier alpha value is -2.63. The van der Waals surface area contributed by atoms with Crippen LogP contribution in [0.2, 0.25) is 0 Å². The van der Waals surface area contributed by atoms with Crippen molar-refractivity contribution in [2.24, 2.45) is 0 Å². The summed E-state index contributed by atoms with van der Waals surface area (Å²) in [7, 11) is 0. The molecule has 0 radical (unpaired) electrons. The van der Waals surface area contributed by atoms with E-state index in [-0.39, 0.29) is 17.6 Å².